The van der Waals surface area contributed by atoms with Gasteiger partial charge in [-0.1, -0.05) is 24.3 Å². The maximum atomic E-state index is 12.5. The van der Waals surface area contributed by atoms with Crippen LogP contribution in [0.4, 0.5) is 5.69 Å². The fourth-order valence-corrected chi connectivity index (χ4v) is 3.49. The molecule has 0 unspecified atom stereocenters. The van der Waals surface area contributed by atoms with Crippen LogP contribution in [0.15, 0.2) is 48.5 Å². The number of aromatic nitrogens is 1. The van der Waals surface area contributed by atoms with Gasteiger partial charge >= 0.3 is 0 Å². The van der Waals surface area contributed by atoms with E-state index in [-0.39, 0.29) is 5.91 Å². The van der Waals surface area contributed by atoms with Crippen molar-refractivity contribution in [1.82, 2.24) is 4.98 Å². The number of benzene rings is 2. The molecule has 0 radical (unpaired) electrons. The van der Waals surface area contributed by atoms with E-state index in [1.54, 1.807) is 0 Å². The van der Waals surface area contributed by atoms with E-state index in [1.165, 1.54) is 0 Å². The molecule has 0 saturated heterocycles. The van der Waals surface area contributed by atoms with Crippen LogP contribution in [-0.4, -0.2) is 17.5 Å². The predicted octanol–water partition coefficient (Wildman–Crippen LogP) is 5.19. The van der Waals surface area contributed by atoms with Gasteiger partial charge in [0.1, 0.15) is 5.75 Å². The molecule has 2 N–H and O–H groups in total. The van der Waals surface area contributed by atoms with Gasteiger partial charge in [-0.2, -0.15) is 0 Å². The Morgan fingerprint density at radius 3 is 2.59 bits per heavy atom. The fraction of sp³-hybridized carbons (Fsp3) is 0.174. The number of amides is 1. The van der Waals surface area contributed by atoms with Crippen LogP contribution in [0, 0.1) is 13.8 Å². The summed E-state index contributed by atoms with van der Waals surface area (Å²) >= 11 is 0. The number of aromatic amines is 1. The van der Waals surface area contributed by atoms with E-state index in [0.717, 1.165) is 45.1 Å². The highest BCUT2D eigenvalue weighted by Crippen LogP contribution is 2.37. The second kappa shape index (κ2) is 6.80. The number of H-pyrrole nitrogens is 1. The topological polar surface area (TPSA) is 54.1 Å². The van der Waals surface area contributed by atoms with Crippen molar-refractivity contribution < 1.29 is 9.53 Å². The largest absolute Gasteiger partial charge is 0.494 e. The van der Waals surface area contributed by atoms with Crippen LogP contribution < -0.4 is 10.1 Å². The molecule has 4 heteroatoms. The first-order valence-corrected chi connectivity index (χ1v) is 9.12. The van der Waals surface area contributed by atoms with Gasteiger partial charge in [-0.3, -0.25) is 4.79 Å². The Balaban J connectivity index is 1.72. The van der Waals surface area contributed by atoms with Gasteiger partial charge in [0.05, 0.1) is 12.2 Å². The molecule has 2 aromatic carbocycles. The summed E-state index contributed by atoms with van der Waals surface area (Å²) in [6, 6.07) is 16.1. The molecule has 27 heavy (non-hydrogen) atoms. The molecule has 0 fully saturated rings. The van der Waals surface area contributed by atoms with Crippen LogP contribution >= 0.6 is 0 Å². The van der Waals surface area contributed by atoms with E-state index in [0.29, 0.717) is 12.2 Å². The van der Waals surface area contributed by atoms with Crippen LogP contribution in [0.25, 0.3) is 22.8 Å². The van der Waals surface area contributed by atoms with Crippen molar-refractivity contribution in [1.29, 1.82) is 0 Å². The van der Waals surface area contributed by atoms with E-state index < -0.39 is 0 Å². The SMILES string of the molecule is CCOc1cccc(-c2ccc3c(c2)NC(=O)C3=Cc2[nH]c(C)cc2C)c1. The van der Waals surface area contributed by atoms with Gasteiger partial charge in [-0.25, -0.2) is 0 Å². The second-order valence-electron chi connectivity index (χ2n) is 6.78. The average Bonchev–Trinajstić information content (AvgIpc) is 3.13. The van der Waals surface area contributed by atoms with Gasteiger partial charge in [0.2, 0.25) is 0 Å². The summed E-state index contributed by atoms with van der Waals surface area (Å²) in [6.07, 6.45) is 1.93. The number of anilines is 1. The lowest BCUT2D eigenvalue weighted by atomic mass is 9.99. The van der Waals surface area contributed by atoms with Gasteiger partial charge in [0.15, 0.2) is 0 Å². The van der Waals surface area contributed by atoms with Crippen molar-refractivity contribution >= 4 is 23.2 Å². The Kier molecular flexibility index (Phi) is 4.32. The third kappa shape index (κ3) is 3.26. The van der Waals surface area contributed by atoms with Crippen molar-refractivity contribution in [3.05, 3.63) is 71.0 Å². The third-order valence-electron chi connectivity index (χ3n) is 4.76. The van der Waals surface area contributed by atoms with E-state index in [1.807, 2.05) is 69.3 Å². The standard InChI is InChI=1S/C23H22N2O2/c1-4-27-18-7-5-6-16(11-18)17-8-9-19-20(23(26)25-22(19)12-17)13-21-14(2)10-15(3)24-21/h5-13,24H,4H2,1-3H3,(H,25,26). The summed E-state index contributed by atoms with van der Waals surface area (Å²) in [4.78, 5) is 15.8. The minimum absolute atomic E-state index is 0.0723. The first-order chi connectivity index (χ1) is 13.0. The lowest BCUT2D eigenvalue weighted by Gasteiger charge is -2.08. The number of carbonyl (C=O) groups is 1. The van der Waals surface area contributed by atoms with Gasteiger partial charge in [0.25, 0.3) is 5.91 Å². The highest BCUT2D eigenvalue weighted by molar-refractivity contribution is 6.35. The Morgan fingerprint density at radius 1 is 1.04 bits per heavy atom. The normalized spacial score (nSPS) is 14.3. The molecule has 0 saturated carbocycles. The molecule has 136 valence electrons. The molecular weight excluding hydrogens is 336 g/mol. The van der Waals surface area contributed by atoms with E-state index in [4.69, 9.17) is 4.74 Å². The van der Waals surface area contributed by atoms with E-state index >= 15 is 0 Å². The van der Waals surface area contributed by atoms with Crippen LogP contribution in [0.1, 0.15) is 29.4 Å². The smallest absolute Gasteiger partial charge is 0.256 e. The molecular formula is C23H22N2O2. The van der Waals surface area contributed by atoms with Gasteiger partial charge in [-0.15, -0.1) is 0 Å². The number of aryl methyl sites for hydroxylation is 2. The van der Waals surface area contributed by atoms with Crippen LogP contribution in [0.3, 0.4) is 0 Å². The number of nitrogens with one attached hydrogen (secondary N) is 2. The highest BCUT2D eigenvalue weighted by atomic mass is 16.5. The number of fused-ring (bicyclic) bond motifs is 1. The number of rotatable bonds is 4. The van der Waals surface area contributed by atoms with Crippen LogP contribution in [0.2, 0.25) is 0 Å². The molecule has 0 aliphatic carbocycles. The zero-order valence-electron chi connectivity index (χ0n) is 15.7. The first-order valence-electron chi connectivity index (χ1n) is 9.12. The molecule has 1 aromatic heterocycles. The molecule has 1 aliphatic heterocycles. The fourth-order valence-electron chi connectivity index (χ4n) is 3.49. The summed E-state index contributed by atoms with van der Waals surface area (Å²) in [5.74, 6) is 0.773. The second-order valence-corrected chi connectivity index (χ2v) is 6.78. The summed E-state index contributed by atoms with van der Waals surface area (Å²) in [5.41, 5.74) is 7.74. The third-order valence-corrected chi connectivity index (χ3v) is 4.76. The van der Waals surface area contributed by atoms with Crippen molar-refractivity contribution in [2.24, 2.45) is 0 Å². The van der Waals surface area contributed by atoms with E-state index in [9.17, 15) is 4.79 Å². The molecule has 1 aliphatic rings. The average molecular weight is 358 g/mol. The number of carbonyl (C=O) groups excluding carboxylic acids is 1. The van der Waals surface area contributed by atoms with Crippen LogP contribution in [0.5, 0.6) is 5.75 Å². The van der Waals surface area contributed by atoms with E-state index in [2.05, 4.69) is 16.4 Å². The molecule has 2 heterocycles. The lowest BCUT2D eigenvalue weighted by Crippen LogP contribution is -2.03. The maximum Gasteiger partial charge on any atom is 0.256 e. The van der Waals surface area contributed by atoms with Crippen molar-refractivity contribution in [2.45, 2.75) is 20.8 Å². The quantitative estimate of drug-likeness (QED) is 0.631. The summed E-state index contributed by atoms with van der Waals surface area (Å²) in [6.45, 7) is 6.66. The predicted molar refractivity (Wildman–Crippen MR) is 110 cm³/mol. The molecule has 0 spiro atoms. The summed E-state index contributed by atoms with van der Waals surface area (Å²) in [5, 5.41) is 2.99. The highest BCUT2D eigenvalue weighted by Gasteiger charge is 2.25. The minimum Gasteiger partial charge on any atom is -0.494 e. The Hall–Kier alpha value is -3.27. The van der Waals surface area contributed by atoms with Gasteiger partial charge in [-0.05, 0) is 67.8 Å². The minimum atomic E-state index is -0.0723. The Bertz CT molecular complexity index is 1060. The van der Waals surface area contributed by atoms with Crippen LogP contribution in [-0.2, 0) is 4.79 Å². The zero-order valence-corrected chi connectivity index (χ0v) is 15.7. The molecule has 0 bridgehead atoms. The molecule has 0 atom stereocenters. The molecule has 4 rings (SSSR count). The Labute approximate surface area is 158 Å². The number of hydrogen-bond acceptors (Lipinski definition) is 2. The maximum absolute atomic E-state index is 12.5. The molecule has 3 aromatic rings. The van der Waals surface area contributed by atoms with Crippen molar-refractivity contribution in [3.8, 4) is 16.9 Å². The lowest BCUT2D eigenvalue weighted by molar-refractivity contribution is -0.110. The summed E-state index contributed by atoms with van der Waals surface area (Å²) < 4.78 is 5.59. The number of ether oxygens (including phenoxy) is 1. The molecule has 4 nitrogen and oxygen atoms in total. The van der Waals surface area contributed by atoms with Crippen molar-refractivity contribution in [2.75, 3.05) is 11.9 Å². The zero-order chi connectivity index (χ0) is 19.0. The Morgan fingerprint density at radius 2 is 1.85 bits per heavy atom. The summed E-state index contributed by atoms with van der Waals surface area (Å²) in [7, 11) is 0. The van der Waals surface area contributed by atoms with Crippen molar-refractivity contribution in [3.63, 3.8) is 0 Å². The van der Waals surface area contributed by atoms with Gasteiger partial charge in [0, 0.05) is 22.6 Å². The first kappa shape index (κ1) is 17.2. The monoisotopic (exact) mass is 358 g/mol. The number of hydrogen-bond donors (Lipinski definition) is 2. The molecule has 1 amide bonds. The van der Waals surface area contributed by atoms with Gasteiger partial charge < -0.3 is 15.0 Å².